The van der Waals surface area contributed by atoms with E-state index in [2.05, 4.69) is 15.5 Å². The van der Waals surface area contributed by atoms with Crippen LogP contribution >= 0.6 is 0 Å². The van der Waals surface area contributed by atoms with E-state index in [0.717, 1.165) is 19.0 Å². The largest absolute Gasteiger partial charge is 0.490 e. The number of hydrogen-bond acceptors (Lipinski definition) is 6. The zero-order chi connectivity index (χ0) is 13.9. The number of tetrazole rings is 1. The molecule has 1 saturated heterocycles. The van der Waals surface area contributed by atoms with Gasteiger partial charge >= 0.3 is 12.1 Å². The van der Waals surface area contributed by atoms with E-state index in [4.69, 9.17) is 15.6 Å². The van der Waals surface area contributed by atoms with Crippen LogP contribution in [0.1, 0.15) is 0 Å². The lowest BCUT2D eigenvalue weighted by atomic mass is 10.1. The fourth-order valence-corrected chi connectivity index (χ4v) is 1.17. The Bertz CT molecular complexity index is 414. The van der Waals surface area contributed by atoms with Gasteiger partial charge in [-0.25, -0.2) is 9.48 Å². The Balaban J connectivity index is 0.000000203. The molecule has 0 atom stereocenters. The van der Waals surface area contributed by atoms with Crippen LogP contribution in [0.3, 0.4) is 0 Å². The standard InChI is InChI=1S/C5H10N6.C2HF3O2/c1-10-5(7-8-9-10)11-2-4(6)3-11;3-2(4,5)1(6)7/h4H,2-3,6H2,1H3;(H,6,7). The van der Waals surface area contributed by atoms with Crippen molar-refractivity contribution < 1.29 is 23.1 Å². The van der Waals surface area contributed by atoms with Gasteiger partial charge < -0.3 is 15.7 Å². The number of halogens is 3. The summed E-state index contributed by atoms with van der Waals surface area (Å²) in [6, 6.07) is 0.284. The molecule has 1 aliphatic rings. The van der Waals surface area contributed by atoms with E-state index in [-0.39, 0.29) is 6.04 Å². The van der Waals surface area contributed by atoms with Crippen LogP contribution in [0, 0.1) is 0 Å². The van der Waals surface area contributed by atoms with E-state index < -0.39 is 12.1 Å². The van der Waals surface area contributed by atoms with Gasteiger partial charge in [0.1, 0.15) is 0 Å². The van der Waals surface area contributed by atoms with Gasteiger partial charge in [-0.2, -0.15) is 13.2 Å². The molecule has 1 fully saturated rings. The van der Waals surface area contributed by atoms with Gasteiger partial charge in [0.05, 0.1) is 0 Å². The van der Waals surface area contributed by atoms with Crippen molar-refractivity contribution in [3.05, 3.63) is 0 Å². The minimum atomic E-state index is -5.08. The van der Waals surface area contributed by atoms with E-state index in [1.807, 2.05) is 11.9 Å². The van der Waals surface area contributed by atoms with Crippen LogP contribution in [0.25, 0.3) is 0 Å². The Kier molecular flexibility index (Phi) is 4.06. The molecular formula is C7H11F3N6O2. The normalized spacial score (nSPS) is 15.7. The second-order valence-electron chi connectivity index (χ2n) is 3.57. The summed E-state index contributed by atoms with van der Waals surface area (Å²) in [5.41, 5.74) is 5.61. The molecule has 2 heterocycles. The first-order chi connectivity index (χ1) is 8.21. The molecule has 1 aromatic heterocycles. The molecule has 102 valence electrons. The molecule has 11 heteroatoms. The predicted molar refractivity (Wildman–Crippen MR) is 52.7 cm³/mol. The van der Waals surface area contributed by atoms with Crippen LogP contribution in [-0.4, -0.2) is 56.6 Å². The summed E-state index contributed by atoms with van der Waals surface area (Å²) in [5.74, 6) is -1.96. The van der Waals surface area contributed by atoms with Crippen LogP contribution in [0.15, 0.2) is 0 Å². The van der Waals surface area contributed by atoms with E-state index in [9.17, 15) is 13.2 Å². The Morgan fingerprint density at radius 1 is 1.50 bits per heavy atom. The van der Waals surface area contributed by atoms with Crippen molar-refractivity contribution in [3.63, 3.8) is 0 Å². The minimum absolute atomic E-state index is 0.284. The second kappa shape index (κ2) is 5.16. The Labute approximate surface area is 99.2 Å². The third-order valence-electron chi connectivity index (χ3n) is 2.03. The number of carboxylic acid groups (broad SMARTS) is 1. The Morgan fingerprint density at radius 3 is 2.28 bits per heavy atom. The zero-order valence-electron chi connectivity index (χ0n) is 9.29. The number of rotatable bonds is 1. The van der Waals surface area contributed by atoms with Crippen molar-refractivity contribution in [1.82, 2.24) is 20.2 Å². The fraction of sp³-hybridized carbons (Fsp3) is 0.714. The van der Waals surface area contributed by atoms with E-state index in [1.54, 1.807) is 4.68 Å². The van der Waals surface area contributed by atoms with Crippen molar-refractivity contribution in [3.8, 4) is 0 Å². The first-order valence-corrected chi connectivity index (χ1v) is 4.74. The molecule has 18 heavy (non-hydrogen) atoms. The summed E-state index contributed by atoms with van der Waals surface area (Å²) in [4.78, 5) is 10.9. The average Bonchev–Trinajstić information content (AvgIpc) is 2.59. The maximum Gasteiger partial charge on any atom is 0.490 e. The lowest BCUT2D eigenvalue weighted by molar-refractivity contribution is -0.192. The lowest BCUT2D eigenvalue weighted by Gasteiger charge is -2.36. The van der Waals surface area contributed by atoms with Gasteiger partial charge in [-0.1, -0.05) is 5.10 Å². The van der Waals surface area contributed by atoms with Crippen molar-refractivity contribution in [2.45, 2.75) is 12.2 Å². The van der Waals surface area contributed by atoms with E-state index in [0.29, 0.717) is 0 Å². The highest BCUT2D eigenvalue weighted by atomic mass is 19.4. The molecule has 8 nitrogen and oxygen atoms in total. The molecule has 0 spiro atoms. The smallest absolute Gasteiger partial charge is 0.475 e. The molecule has 1 aromatic rings. The molecule has 0 aromatic carbocycles. The van der Waals surface area contributed by atoms with Crippen LogP contribution in [0.4, 0.5) is 19.1 Å². The van der Waals surface area contributed by atoms with Gasteiger partial charge in [-0.05, 0) is 10.4 Å². The Morgan fingerprint density at radius 2 is 2.00 bits per heavy atom. The van der Waals surface area contributed by atoms with Gasteiger partial charge in [0.15, 0.2) is 0 Å². The number of nitrogens with zero attached hydrogens (tertiary/aromatic N) is 5. The molecule has 3 N–H and O–H groups in total. The van der Waals surface area contributed by atoms with Crippen LogP contribution in [0.2, 0.25) is 0 Å². The molecule has 2 rings (SSSR count). The molecule has 0 bridgehead atoms. The van der Waals surface area contributed by atoms with E-state index >= 15 is 0 Å². The van der Waals surface area contributed by atoms with Crippen LogP contribution < -0.4 is 10.6 Å². The number of aryl methyl sites for hydroxylation is 1. The van der Waals surface area contributed by atoms with Gasteiger partial charge in [0, 0.05) is 26.2 Å². The highest BCUT2D eigenvalue weighted by Gasteiger charge is 2.38. The number of alkyl halides is 3. The quantitative estimate of drug-likeness (QED) is 0.671. The van der Waals surface area contributed by atoms with Crippen molar-refractivity contribution >= 4 is 11.9 Å². The molecule has 0 aliphatic carbocycles. The monoisotopic (exact) mass is 268 g/mol. The summed E-state index contributed by atoms with van der Waals surface area (Å²) < 4.78 is 33.4. The average molecular weight is 268 g/mol. The molecule has 0 unspecified atom stereocenters. The third kappa shape index (κ3) is 3.55. The van der Waals surface area contributed by atoms with Crippen molar-refractivity contribution in [2.24, 2.45) is 12.8 Å². The summed E-state index contributed by atoms with van der Waals surface area (Å²) in [6.45, 7) is 1.71. The molecule has 0 amide bonds. The summed E-state index contributed by atoms with van der Waals surface area (Å²) in [6.07, 6.45) is -5.08. The zero-order valence-corrected chi connectivity index (χ0v) is 9.29. The number of carbonyl (C=O) groups is 1. The predicted octanol–water partition coefficient (Wildman–Crippen LogP) is -1.01. The van der Waals surface area contributed by atoms with Crippen LogP contribution in [-0.2, 0) is 11.8 Å². The lowest BCUT2D eigenvalue weighted by Crippen LogP contribution is -2.56. The number of nitrogens with two attached hydrogens (primary N) is 1. The highest BCUT2D eigenvalue weighted by Crippen LogP contribution is 2.14. The summed E-state index contributed by atoms with van der Waals surface area (Å²) >= 11 is 0. The minimum Gasteiger partial charge on any atom is -0.475 e. The fourth-order valence-electron chi connectivity index (χ4n) is 1.17. The second-order valence-corrected chi connectivity index (χ2v) is 3.57. The number of anilines is 1. The number of hydrogen-bond donors (Lipinski definition) is 2. The third-order valence-corrected chi connectivity index (χ3v) is 2.03. The first kappa shape index (κ1) is 14.2. The van der Waals surface area contributed by atoms with Gasteiger partial charge in [-0.3, -0.25) is 0 Å². The van der Waals surface area contributed by atoms with Gasteiger partial charge in [0.25, 0.3) is 0 Å². The summed E-state index contributed by atoms with van der Waals surface area (Å²) in [7, 11) is 1.82. The molecule has 0 radical (unpaired) electrons. The SMILES string of the molecule is Cn1nnnc1N1CC(N)C1.O=C(O)C(F)(F)F. The number of carboxylic acids is 1. The van der Waals surface area contributed by atoms with Crippen molar-refractivity contribution in [2.75, 3.05) is 18.0 Å². The maximum absolute atomic E-state index is 10.6. The first-order valence-electron chi connectivity index (χ1n) is 4.74. The maximum atomic E-state index is 10.6. The number of aromatic nitrogens is 4. The molecular weight excluding hydrogens is 257 g/mol. The topological polar surface area (TPSA) is 110 Å². The highest BCUT2D eigenvalue weighted by molar-refractivity contribution is 5.73. The van der Waals surface area contributed by atoms with Crippen LogP contribution in [0.5, 0.6) is 0 Å². The Hall–Kier alpha value is -1.91. The molecule has 0 saturated carbocycles. The summed E-state index contributed by atoms with van der Waals surface area (Å²) in [5, 5.41) is 18.2. The van der Waals surface area contributed by atoms with Crippen molar-refractivity contribution in [1.29, 1.82) is 0 Å². The van der Waals surface area contributed by atoms with E-state index in [1.165, 1.54) is 0 Å². The van der Waals surface area contributed by atoms with Gasteiger partial charge in [-0.15, -0.1) is 0 Å². The van der Waals surface area contributed by atoms with Gasteiger partial charge in [0.2, 0.25) is 5.95 Å². The molecule has 1 aliphatic heterocycles. The number of aliphatic carboxylic acids is 1.